The Labute approximate surface area is 138 Å². The molecule has 122 valence electrons. The smallest absolute Gasteiger partial charge is 0.191 e. The van der Waals surface area contributed by atoms with Crippen LogP contribution in [-0.4, -0.2) is 43.1 Å². The quantitative estimate of drug-likeness (QED) is 0.647. The van der Waals surface area contributed by atoms with E-state index < -0.39 is 0 Å². The fraction of sp³-hybridized carbons (Fsp3) is 0.706. The van der Waals surface area contributed by atoms with Crippen molar-refractivity contribution in [2.24, 2.45) is 4.99 Å². The highest BCUT2D eigenvalue weighted by molar-refractivity contribution is 7.10. The molecule has 0 amide bonds. The maximum atomic E-state index is 4.77. The lowest BCUT2D eigenvalue weighted by atomic mass is 10.1. The average Bonchev–Trinajstić information content (AvgIpc) is 3.18. The summed E-state index contributed by atoms with van der Waals surface area (Å²) in [6.45, 7) is 7.27. The normalized spacial score (nSPS) is 20.1. The lowest BCUT2D eigenvalue weighted by Crippen LogP contribution is -2.43. The summed E-state index contributed by atoms with van der Waals surface area (Å²) in [6, 6.07) is 2.90. The lowest BCUT2D eigenvalue weighted by molar-refractivity contribution is 0.263. The summed E-state index contributed by atoms with van der Waals surface area (Å²) in [4.78, 5) is 8.88. The Hall–Kier alpha value is -1.07. The molecular weight excluding hydrogens is 292 g/mol. The molecule has 0 bridgehead atoms. The summed E-state index contributed by atoms with van der Waals surface area (Å²) in [5.41, 5.74) is 1.52. The number of thiophene rings is 1. The molecular formula is C17H28N4S. The van der Waals surface area contributed by atoms with Gasteiger partial charge in [-0.2, -0.15) is 0 Å². The molecule has 1 fully saturated rings. The van der Waals surface area contributed by atoms with Gasteiger partial charge in [0.1, 0.15) is 0 Å². The monoisotopic (exact) mass is 320 g/mol. The number of hydrogen-bond acceptors (Lipinski definition) is 3. The number of nitrogens with zero attached hydrogens (tertiary/aromatic N) is 2. The SMILES string of the molecule is CCNC(=NCCN1CCc2sccc2C1)NC1CCCC1. The van der Waals surface area contributed by atoms with Crippen LogP contribution in [0.3, 0.4) is 0 Å². The minimum absolute atomic E-state index is 0.626. The molecule has 0 aromatic carbocycles. The highest BCUT2D eigenvalue weighted by Gasteiger charge is 2.17. The molecule has 2 heterocycles. The number of aliphatic imine (C=N–C) groups is 1. The standard InChI is InChI=1S/C17H28N4S/c1-2-18-17(20-15-5-3-4-6-15)19-9-11-21-10-7-16-14(13-21)8-12-22-16/h8,12,15H,2-7,9-11,13H2,1H3,(H2,18,19,20). The zero-order valence-electron chi connectivity index (χ0n) is 13.6. The molecule has 0 spiro atoms. The van der Waals surface area contributed by atoms with Crippen LogP contribution in [0.1, 0.15) is 43.0 Å². The van der Waals surface area contributed by atoms with Gasteiger partial charge in [0.2, 0.25) is 0 Å². The van der Waals surface area contributed by atoms with Crippen LogP contribution in [0.5, 0.6) is 0 Å². The molecule has 5 heteroatoms. The van der Waals surface area contributed by atoms with E-state index in [4.69, 9.17) is 4.99 Å². The molecule has 1 aliphatic carbocycles. The van der Waals surface area contributed by atoms with Crippen LogP contribution in [0.2, 0.25) is 0 Å². The van der Waals surface area contributed by atoms with Crippen molar-refractivity contribution in [3.8, 4) is 0 Å². The number of hydrogen-bond donors (Lipinski definition) is 2. The molecule has 2 N–H and O–H groups in total. The van der Waals surface area contributed by atoms with Crippen molar-refractivity contribution >= 4 is 17.3 Å². The van der Waals surface area contributed by atoms with Crippen LogP contribution in [0.4, 0.5) is 0 Å². The van der Waals surface area contributed by atoms with Gasteiger partial charge in [-0.25, -0.2) is 0 Å². The maximum Gasteiger partial charge on any atom is 0.191 e. The van der Waals surface area contributed by atoms with Crippen molar-refractivity contribution in [2.75, 3.05) is 26.2 Å². The maximum absolute atomic E-state index is 4.77. The second-order valence-electron chi connectivity index (χ2n) is 6.28. The Morgan fingerprint density at radius 2 is 2.27 bits per heavy atom. The second kappa shape index (κ2) is 7.97. The van der Waals surface area contributed by atoms with E-state index in [0.29, 0.717) is 6.04 Å². The van der Waals surface area contributed by atoms with Gasteiger partial charge < -0.3 is 10.6 Å². The van der Waals surface area contributed by atoms with Crippen molar-refractivity contribution < 1.29 is 0 Å². The fourth-order valence-electron chi connectivity index (χ4n) is 3.38. The van der Waals surface area contributed by atoms with Crippen LogP contribution >= 0.6 is 11.3 Å². The summed E-state index contributed by atoms with van der Waals surface area (Å²) in [5, 5.41) is 9.19. The van der Waals surface area contributed by atoms with Gasteiger partial charge in [-0.3, -0.25) is 9.89 Å². The minimum Gasteiger partial charge on any atom is -0.357 e. The van der Waals surface area contributed by atoms with Crippen molar-refractivity contribution in [3.05, 3.63) is 21.9 Å². The third-order valence-corrected chi connectivity index (χ3v) is 5.64. The highest BCUT2D eigenvalue weighted by atomic mass is 32.1. The van der Waals surface area contributed by atoms with E-state index in [2.05, 4.69) is 33.9 Å². The summed E-state index contributed by atoms with van der Waals surface area (Å²) in [6.07, 6.45) is 6.49. The molecule has 4 nitrogen and oxygen atoms in total. The number of guanidine groups is 1. The average molecular weight is 321 g/mol. The molecule has 3 rings (SSSR count). The second-order valence-corrected chi connectivity index (χ2v) is 7.28. The van der Waals surface area contributed by atoms with Crippen LogP contribution in [-0.2, 0) is 13.0 Å². The summed E-state index contributed by atoms with van der Waals surface area (Å²) >= 11 is 1.91. The number of fused-ring (bicyclic) bond motifs is 1. The topological polar surface area (TPSA) is 39.7 Å². The molecule has 0 atom stereocenters. The molecule has 0 saturated heterocycles. The molecule has 1 saturated carbocycles. The first-order valence-corrected chi connectivity index (χ1v) is 9.55. The number of rotatable bonds is 5. The Morgan fingerprint density at radius 1 is 1.41 bits per heavy atom. The van der Waals surface area contributed by atoms with Gasteiger partial charge >= 0.3 is 0 Å². The van der Waals surface area contributed by atoms with Crippen LogP contribution in [0, 0.1) is 0 Å². The first-order chi connectivity index (χ1) is 10.8. The van der Waals surface area contributed by atoms with Gasteiger partial charge in [-0.1, -0.05) is 12.8 Å². The lowest BCUT2D eigenvalue weighted by Gasteiger charge is -2.26. The molecule has 2 aliphatic rings. The van der Waals surface area contributed by atoms with E-state index in [0.717, 1.165) is 32.1 Å². The highest BCUT2D eigenvalue weighted by Crippen LogP contribution is 2.23. The van der Waals surface area contributed by atoms with Crippen molar-refractivity contribution in [2.45, 2.75) is 51.6 Å². The molecule has 0 radical (unpaired) electrons. The zero-order valence-corrected chi connectivity index (χ0v) is 14.4. The third kappa shape index (κ3) is 4.23. The van der Waals surface area contributed by atoms with Crippen LogP contribution < -0.4 is 10.6 Å². The molecule has 1 aromatic rings. The van der Waals surface area contributed by atoms with Crippen molar-refractivity contribution in [1.82, 2.24) is 15.5 Å². The predicted octanol–water partition coefficient (Wildman–Crippen LogP) is 2.60. The van der Waals surface area contributed by atoms with Crippen molar-refractivity contribution in [3.63, 3.8) is 0 Å². The van der Waals surface area contributed by atoms with Gasteiger partial charge in [0.05, 0.1) is 6.54 Å². The van der Waals surface area contributed by atoms with Gasteiger partial charge in [-0.15, -0.1) is 11.3 Å². The Kier molecular flexibility index (Phi) is 5.73. The Bertz CT molecular complexity index is 491. The van der Waals surface area contributed by atoms with E-state index >= 15 is 0 Å². The Morgan fingerprint density at radius 3 is 3.09 bits per heavy atom. The molecule has 1 aromatic heterocycles. The predicted molar refractivity (Wildman–Crippen MR) is 94.7 cm³/mol. The molecule has 0 unspecified atom stereocenters. The van der Waals surface area contributed by atoms with E-state index in [1.807, 2.05) is 11.3 Å². The van der Waals surface area contributed by atoms with Gasteiger partial charge in [0.25, 0.3) is 0 Å². The zero-order chi connectivity index (χ0) is 15.2. The molecule has 22 heavy (non-hydrogen) atoms. The fourth-order valence-corrected chi connectivity index (χ4v) is 4.27. The summed E-state index contributed by atoms with van der Waals surface area (Å²) in [5.74, 6) is 1.00. The van der Waals surface area contributed by atoms with E-state index in [-0.39, 0.29) is 0 Å². The van der Waals surface area contributed by atoms with Crippen LogP contribution in [0.25, 0.3) is 0 Å². The summed E-state index contributed by atoms with van der Waals surface area (Å²) < 4.78 is 0. The van der Waals surface area contributed by atoms with Crippen LogP contribution in [0.15, 0.2) is 16.4 Å². The van der Waals surface area contributed by atoms with E-state index in [1.54, 1.807) is 4.88 Å². The first kappa shape index (κ1) is 15.8. The van der Waals surface area contributed by atoms with E-state index in [9.17, 15) is 0 Å². The Balaban J connectivity index is 1.46. The third-order valence-electron chi connectivity index (χ3n) is 4.61. The summed E-state index contributed by atoms with van der Waals surface area (Å²) in [7, 11) is 0. The largest absolute Gasteiger partial charge is 0.357 e. The van der Waals surface area contributed by atoms with Gasteiger partial charge in [-0.05, 0) is 43.2 Å². The number of nitrogens with one attached hydrogen (secondary N) is 2. The van der Waals surface area contributed by atoms with Crippen molar-refractivity contribution in [1.29, 1.82) is 0 Å². The first-order valence-electron chi connectivity index (χ1n) is 8.67. The minimum atomic E-state index is 0.626. The van der Waals surface area contributed by atoms with Gasteiger partial charge in [0.15, 0.2) is 5.96 Å². The van der Waals surface area contributed by atoms with E-state index in [1.165, 1.54) is 44.2 Å². The van der Waals surface area contributed by atoms with Gasteiger partial charge in [0, 0.05) is 37.1 Å². The molecule has 1 aliphatic heterocycles.